The zero-order valence-electron chi connectivity index (χ0n) is 11.1. The molecule has 0 aromatic carbocycles. The molecule has 2 unspecified atom stereocenters. The van der Waals surface area contributed by atoms with Gasteiger partial charge in [0.1, 0.15) is 12.1 Å². The minimum Gasteiger partial charge on any atom is -0.481 e. The molecule has 120 valence electrons. The lowest BCUT2D eigenvalue weighted by molar-refractivity contribution is -0.158. The van der Waals surface area contributed by atoms with Gasteiger partial charge < -0.3 is 26.2 Å². The molecular formula is C11H18N2O8. The van der Waals surface area contributed by atoms with E-state index in [1.165, 1.54) is 0 Å². The second-order valence-electron chi connectivity index (χ2n) is 4.28. The average molecular weight is 306 g/mol. The molecule has 0 fully saturated rings. The molecular weight excluding hydrogens is 288 g/mol. The van der Waals surface area contributed by atoms with Gasteiger partial charge in [0, 0.05) is 6.54 Å². The predicted octanol–water partition coefficient (Wildman–Crippen LogP) is -1.51. The van der Waals surface area contributed by atoms with Gasteiger partial charge in [-0.05, 0) is 13.0 Å². The first kappa shape index (κ1) is 18.8. The van der Waals surface area contributed by atoms with Gasteiger partial charge in [0.25, 0.3) is 0 Å². The molecule has 0 bridgehead atoms. The standard InChI is InChI=1S/C11H18N2O8/c12-2-1-3-13(6(10(18)19)4-8(14)15)7(11(20)21)5-9(16)17/h6-7H,1-5,12H2,(H,14,15)(H,16,17)(H,18,19)(H,20,21). The molecule has 6 N–H and O–H groups in total. The summed E-state index contributed by atoms with van der Waals surface area (Å²) in [6.45, 7) is -0.0136. The van der Waals surface area contributed by atoms with Gasteiger partial charge in [-0.2, -0.15) is 0 Å². The number of carboxylic acid groups (broad SMARTS) is 4. The number of rotatable bonds is 11. The summed E-state index contributed by atoms with van der Waals surface area (Å²) < 4.78 is 0. The first-order valence-electron chi connectivity index (χ1n) is 6.05. The maximum absolute atomic E-state index is 11.2. The van der Waals surface area contributed by atoms with Crippen LogP contribution < -0.4 is 5.73 Å². The zero-order valence-corrected chi connectivity index (χ0v) is 11.1. The topological polar surface area (TPSA) is 178 Å². The Labute approximate surface area is 119 Å². The number of nitrogens with zero attached hydrogens (tertiary/aromatic N) is 1. The van der Waals surface area contributed by atoms with Gasteiger partial charge in [-0.15, -0.1) is 0 Å². The number of nitrogens with two attached hydrogens (primary N) is 1. The van der Waals surface area contributed by atoms with Gasteiger partial charge in [0.05, 0.1) is 12.8 Å². The highest BCUT2D eigenvalue weighted by molar-refractivity contribution is 5.84. The summed E-state index contributed by atoms with van der Waals surface area (Å²) in [7, 11) is 0. The quantitative estimate of drug-likeness (QED) is 0.301. The van der Waals surface area contributed by atoms with Crippen LogP contribution in [0.3, 0.4) is 0 Å². The van der Waals surface area contributed by atoms with Crippen LogP contribution in [-0.4, -0.2) is 74.4 Å². The molecule has 0 aromatic heterocycles. The van der Waals surface area contributed by atoms with Gasteiger partial charge in [-0.1, -0.05) is 0 Å². The van der Waals surface area contributed by atoms with Crippen molar-refractivity contribution in [3.05, 3.63) is 0 Å². The largest absolute Gasteiger partial charge is 0.481 e. The van der Waals surface area contributed by atoms with E-state index in [1.54, 1.807) is 0 Å². The van der Waals surface area contributed by atoms with E-state index in [0.717, 1.165) is 4.90 Å². The molecule has 10 nitrogen and oxygen atoms in total. The molecule has 0 heterocycles. The van der Waals surface area contributed by atoms with Crippen LogP contribution in [0.2, 0.25) is 0 Å². The number of carbonyl (C=O) groups is 4. The lowest BCUT2D eigenvalue weighted by Crippen LogP contribution is -2.52. The van der Waals surface area contributed by atoms with Crippen molar-refractivity contribution in [1.29, 1.82) is 0 Å². The van der Waals surface area contributed by atoms with E-state index in [0.29, 0.717) is 0 Å². The molecule has 0 aromatic rings. The van der Waals surface area contributed by atoms with Gasteiger partial charge in [0.15, 0.2) is 0 Å². The smallest absolute Gasteiger partial charge is 0.321 e. The van der Waals surface area contributed by atoms with Gasteiger partial charge in [-0.3, -0.25) is 24.1 Å². The maximum atomic E-state index is 11.2. The number of hydrogen-bond donors (Lipinski definition) is 5. The van der Waals surface area contributed by atoms with Crippen molar-refractivity contribution in [3.8, 4) is 0 Å². The van der Waals surface area contributed by atoms with Crippen molar-refractivity contribution in [2.75, 3.05) is 13.1 Å². The second kappa shape index (κ2) is 8.87. The van der Waals surface area contributed by atoms with Crippen LogP contribution >= 0.6 is 0 Å². The highest BCUT2D eigenvalue weighted by Crippen LogP contribution is 2.15. The Balaban J connectivity index is 5.44. The van der Waals surface area contributed by atoms with E-state index in [4.69, 9.17) is 26.2 Å². The molecule has 0 spiro atoms. The molecule has 0 saturated heterocycles. The van der Waals surface area contributed by atoms with Crippen molar-refractivity contribution >= 4 is 23.9 Å². The molecule has 10 heteroatoms. The Hall–Kier alpha value is -2.20. The zero-order chi connectivity index (χ0) is 16.6. The van der Waals surface area contributed by atoms with E-state index >= 15 is 0 Å². The summed E-state index contributed by atoms with van der Waals surface area (Å²) in [4.78, 5) is 44.7. The monoisotopic (exact) mass is 306 g/mol. The molecule has 0 radical (unpaired) electrons. The molecule has 0 saturated carbocycles. The maximum Gasteiger partial charge on any atom is 0.321 e. The van der Waals surface area contributed by atoms with Crippen molar-refractivity contribution in [1.82, 2.24) is 4.90 Å². The Bertz CT molecular complexity index is 377. The van der Waals surface area contributed by atoms with E-state index < -0.39 is 48.8 Å². The summed E-state index contributed by atoms with van der Waals surface area (Å²) in [5, 5.41) is 35.6. The third kappa shape index (κ3) is 6.68. The molecule has 0 aliphatic rings. The fraction of sp³-hybridized carbons (Fsp3) is 0.636. The summed E-state index contributed by atoms with van der Waals surface area (Å²) in [5.74, 6) is -5.93. The molecule has 0 aliphatic carbocycles. The van der Waals surface area contributed by atoms with Crippen LogP contribution in [0.1, 0.15) is 19.3 Å². The minimum atomic E-state index is -1.64. The summed E-state index contributed by atoms with van der Waals surface area (Å²) >= 11 is 0. The second-order valence-corrected chi connectivity index (χ2v) is 4.28. The lowest BCUT2D eigenvalue weighted by atomic mass is 10.1. The molecule has 0 amide bonds. The summed E-state index contributed by atoms with van der Waals surface area (Å²) in [6.07, 6.45) is -1.49. The fourth-order valence-electron chi connectivity index (χ4n) is 1.83. The summed E-state index contributed by atoms with van der Waals surface area (Å²) in [6, 6.07) is -3.29. The molecule has 0 aliphatic heterocycles. The Kier molecular flexibility index (Phi) is 7.94. The Morgan fingerprint density at radius 3 is 1.48 bits per heavy atom. The van der Waals surface area contributed by atoms with Crippen LogP contribution in [-0.2, 0) is 19.2 Å². The first-order chi connectivity index (χ1) is 9.70. The minimum absolute atomic E-state index is 0.120. The normalized spacial score (nSPS) is 13.6. The van der Waals surface area contributed by atoms with Gasteiger partial charge >= 0.3 is 23.9 Å². The van der Waals surface area contributed by atoms with E-state index in [9.17, 15) is 19.2 Å². The summed E-state index contributed by atoms with van der Waals surface area (Å²) in [5.41, 5.74) is 5.28. The van der Waals surface area contributed by atoms with Crippen molar-refractivity contribution in [3.63, 3.8) is 0 Å². The molecule has 0 rings (SSSR count). The Morgan fingerprint density at radius 1 is 0.857 bits per heavy atom. The van der Waals surface area contributed by atoms with Gasteiger partial charge in [0.2, 0.25) is 0 Å². The van der Waals surface area contributed by atoms with Crippen LogP contribution in [0, 0.1) is 0 Å². The van der Waals surface area contributed by atoms with Crippen molar-refractivity contribution < 1.29 is 39.6 Å². The molecule has 2 atom stereocenters. The number of carboxylic acids is 4. The van der Waals surface area contributed by atoms with Crippen molar-refractivity contribution in [2.24, 2.45) is 5.73 Å². The number of aliphatic carboxylic acids is 4. The highest BCUT2D eigenvalue weighted by atomic mass is 16.4. The van der Waals surface area contributed by atoms with E-state index in [2.05, 4.69) is 0 Å². The molecule has 21 heavy (non-hydrogen) atoms. The third-order valence-corrected chi connectivity index (χ3v) is 2.73. The SMILES string of the molecule is NCCCN(C(CC(=O)O)C(=O)O)C(CC(=O)O)C(=O)O. The first-order valence-corrected chi connectivity index (χ1v) is 6.05. The van der Waals surface area contributed by atoms with Crippen LogP contribution in [0.4, 0.5) is 0 Å². The van der Waals surface area contributed by atoms with Crippen LogP contribution in [0.15, 0.2) is 0 Å². The van der Waals surface area contributed by atoms with Crippen LogP contribution in [0.25, 0.3) is 0 Å². The van der Waals surface area contributed by atoms with E-state index in [-0.39, 0.29) is 19.5 Å². The fourth-order valence-corrected chi connectivity index (χ4v) is 1.83. The van der Waals surface area contributed by atoms with Gasteiger partial charge in [-0.25, -0.2) is 0 Å². The highest BCUT2D eigenvalue weighted by Gasteiger charge is 2.37. The van der Waals surface area contributed by atoms with Crippen molar-refractivity contribution in [2.45, 2.75) is 31.3 Å². The third-order valence-electron chi connectivity index (χ3n) is 2.73. The predicted molar refractivity (Wildman–Crippen MR) is 67.7 cm³/mol. The number of hydrogen-bond acceptors (Lipinski definition) is 6. The lowest BCUT2D eigenvalue weighted by Gasteiger charge is -2.32. The van der Waals surface area contributed by atoms with E-state index in [1.807, 2.05) is 0 Å². The average Bonchev–Trinajstić information content (AvgIpc) is 2.34. The Morgan fingerprint density at radius 2 is 1.24 bits per heavy atom. The van der Waals surface area contributed by atoms with Crippen LogP contribution in [0.5, 0.6) is 0 Å².